The van der Waals surface area contributed by atoms with Gasteiger partial charge in [-0.1, -0.05) is 42.5 Å². The molecule has 2 aliphatic rings. The summed E-state index contributed by atoms with van der Waals surface area (Å²) >= 11 is 0. The van der Waals surface area contributed by atoms with E-state index in [9.17, 15) is 4.79 Å². The molecule has 0 aromatic heterocycles. The fourth-order valence-corrected chi connectivity index (χ4v) is 3.90. The molecule has 0 aliphatic heterocycles. The maximum Gasteiger partial charge on any atom is 0.143 e. The van der Waals surface area contributed by atoms with Gasteiger partial charge in [0.1, 0.15) is 5.78 Å². The average Bonchev–Trinajstić information content (AvgIpc) is 2.99. The molecule has 0 radical (unpaired) electrons. The van der Waals surface area contributed by atoms with Crippen molar-refractivity contribution >= 4 is 16.6 Å². The number of carbonyl (C=O) groups is 1. The highest BCUT2D eigenvalue weighted by Crippen LogP contribution is 2.50. The zero-order valence-electron chi connectivity index (χ0n) is 10.3. The predicted molar refractivity (Wildman–Crippen MR) is 72.5 cm³/mol. The van der Waals surface area contributed by atoms with Crippen LogP contribution in [0.15, 0.2) is 42.5 Å². The van der Waals surface area contributed by atoms with Gasteiger partial charge >= 0.3 is 0 Å². The summed E-state index contributed by atoms with van der Waals surface area (Å²) in [4.78, 5) is 12.3. The minimum Gasteiger partial charge on any atom is -0.299 e. The Hall–Kier alpha value is -1.63. The molecule has 2 aromatic carbocycles. The van der Waals surface area contributed by atoms with E-state index < -0.39 is 0 Å². The molecular formula is C17H16O. The van der Waals surface area contributed by atoms with Crippen molar-refractivity contribution in [2.24, 2.45) is 11.8 Å². The summed E-state index contributed by atoms with van der Waals surface area (Å²) in [6.45, 7) is 0. The number of benzene rings is 2. The van der Waals surface area contributed by atoms with E-state index in [1.165, 1.54) is 22.8 Å². The van der Waals surface area contributed by atoms with Crippen molar-refractivity contribution in [1.29, 1.82) is 0 Å². The predicted octanol–water partition coefficient (Wildman–Crippen LogP) is 3.92. The van der Waals surface area contributed by atoms with Crippen molar-refractivity contribution in [3.05, 3.63) is 48.0 Å². The molecule has 2 fully saturated rings. The number of Topliss-reactive ketones (excluding diaryl/α,β-unsaturated/α-hetero) is 1. The Bertz CT molecular complexity index is 628. The third-order valence-electron chi connectivity index (χ3n) is 4.79. The lowest BCUT2D eigenvalue weighted by Gasteiger charge is -2.21. The first-order valence-corrected chi connectivity index (χ1v) is 6.85. The van der Waals surface area contributed by atoms with Gasteiger partial charge in [0, 0.05) is 11.8 Å². The summed E-state index contributed by atoms with van der Waals surface area (Å²) in [7, 11) is 0. The van der Waals surface area contributed by atoms with Crippen LogP contribution in [0, 0.1) is 11.8 Å². The van der Waals surface area contributed by atoms with Gasteiger partial charge in [-0.05, 0) is 41.5 Å². The van der Waals surface area contributed by atoms with Crippen molar-refractivity contribution in [3.8, 4) is 0 Å². The molecular weight excluding hydrogens is 220 g/mol. The van der Waals surface area contributed by atoms with Crippen molar-refractivity contribution in [2.75, 3.05) is 0 Å². The summed E-state index contributed by atoms with van der Waals surface area (Å²) in [5.74, 6) is 1.67. The van der Waals surface area contributed by atoms with Crippen molar-refractivity contribution in [3.63, 3.8) is 0 Å². The molecule has 1 heteroatoms. The lowest BCUT2D eigenvalue weighted by Crippen LogP contribution is -2.19. The first-order valence-electron chi connectivity index (χ1n) is 6.85. The third-order valence-corrected chi connectivity index (χ3v) is 4.79. The van der Waals surface area contributed by atoms with Gasteiger partial charge in [0.05, 0.1) is 0 Å². The van der Waals surface area contributed by atoms with Crippen molar-refractivity contribution < 1.29 is 4.79 Å². The highest BCUT2D eigenvalue weighted by molar-refractivity contribution is 5.93. The van der Waals surface area contributed by atoms with Crippen LogP contribution in [0.4, 0.5) is 0 Å². The van der Waals surface area contributed by atoms with E-state index in [4.69, 9.17) is 0 Å². The number of hydrogen-bond acceptors (Lipinski definition) is 1. The zero-order chi connectivity index (χ0) is 12.1. The smallest absolute Gasteiger partial charge is 0.143 e. The number of fused-ring (bicyclic) bond motifs is 3. The molecule has 2 bridgehead atoms. The zero-order valence-corrected chi connectivity index (χ0v) is 10.3. The summed E-state index contributed by atoms with van der Waals surface area (Å²) in [6, 6.07) is 14.9. The van der Waals surface area contributed by atoms with Gasteiger partial charge in [-0.2, -0.15) is 0 Å². The Labute approximate surface area is 107 Å². The highest BCUT2D eigenvalue weighted by atomic mass is 16.1. The van der Waals surface area contributed by atoms with E-state index in [-0.39, 0.29) is 5.92 Å². The molecule has 0 saturated heterocycles. The third kappa shape index (κ3) is 1.37. The van der Waals surface area contributed by atoms with Gasteiger partial charge < -0.3 is 0 Å². The number of carbonyl (C=O) groups excluding carboxylic acids is 1. The molecule has 0 amide bonds. The quantitative estimate of drug-likeness (QED) is 0.733. The minimum atomic E-state index is 0.188. The first-order chi connectivity index (χ1) is 8.83. The van der Waals surface area contributed by atoms with E-state index >= 15 is 0 Å². The Balaban J connectivity index is 1.81. The maximum atomic E-state index is 12.3. The number of rotatable bonds is 1. The van der Waals surface area contributed by atoms with Crippen molar-refractivity contribution in [1.82, 2.24) is 0 Å². The molecule has 0 N–H and O–H groups in total. The van der Waals surface area contributed by atoms with E-state index in [0.717, 1.165) is 12.8 Å². The lowest BCUT2D eigenvalue weighted by molar-refractivity contribution is -0.123. The molecule has 2 aromatic rings. The molecule has 90 valence electrons. The van der Waals surface area contributed by atoms with Gasteiger partial charge in [-0.15, -0.1) is 0 Å². The second-order valence-electron chi connectivity index (χ2n) is 5.76. The first kappa shape index (κ1) is 10.3. The van der Waals surface area contributed by atoms with E-state index in [0.29, 0.717) is 17.6 Å². The monoisotopic (exact) mass is 236 g/mol. The van der Waals surface area contributed by atoms with Crippen LogP contribution >= 0.6 is 0 Å². The standard InChI is InChI=1S/C17H16O/c18-17-15-8-7-14(10-15)16(17)13-6-5-11-3-1-2-4-12(11)9-13/h1-6,9,14-16H,7-8,10H2. The molecule has 18 heavy (non-hydrogen) atoms. The second-order valence-corrected chi connectivity index (χ2v) is 5.76. The summed E-state index contributed by atoms with van der Waals surface area (Å²) < 4.78 is 0. The van der Waals surface area contributed by atoms with Crippen LogP contribution in [-0.2, 0) is 4.79 Å². The van der Waals surface area contributed by atoms with E-state index in [2.05, 4.69) is 42.5 Å². The Morgan fingerprint density at radius 2 is 1.78 bits per heavy atom. The largest absolute Gasteiger partial charge is 0.299 e. The van der Waals surface area contributed by atoms with Crippen LogP contribution in [0.2, 0.25) is 0 Å². The van der Waals surface area contributed by atoms with Crippen LogP contribution in [0.25, 0.3) is 10.8 Å². The highest BCUT2D eigenvalue weighted by Gasteiger charge is 2.47. The fraction of sp³-hybridized carbons (Fsp3) is 0.353. The Morgan fingerprint density at radius 3 is 2.56 bits per heavy atom. The minimum absolute atomic E-state index is 0.188. The maximum absolute atomic E-state index is 12.3. The molecule has 3 unspecified atom stereocenters. The van der Waals surface area contributed by atoms with Gasteiger partial charge in [0.15, 0.2) is 0 Å². The number of hydrogen-bond donors (Lipinski definition) is 0. The molecule has 1 nitrogen and oxygen atoms in total. The van der Waals surface area contributed by atoms with Gasteiger partial charge in [-0.25, -0.2) is 0 Å². The molecule has 0 spiro atoms. The van der Waals surface area contributed by atoms with Gasteiger partial charge in [0.25, 0.3) is 0 Å². The fourth-order valence-electron chi connectivity index (χ4n) is 3.90. The summed E-state index contributed by atoms with van der Waals surface area (Å²) in [6.07, 6.45) is 3.51. The molecule has 0 heterocycles. The van der Waals surface area contributed by atoms with Crippen LogP contribution in [0.5, 0.6) is 0 Å². The van der Waals surface area contributed by atoms with Crippen LogP contribution in [0.3, 0.4) is 0 Å². The van der Waals surface area contributed by atoms with E-state index in [1.54, 1.807) is 0 Å². The average molecular weight is 236 g/mol. The molecule has 2 saturated carbocycles. The lowest BCUT2D eigenvalue weighted by atomic mass is 9.82. The Morgan fingerprint density at radius 1 is 0.944 bits per heavy atom. The number of ketones is 1. The van der Waals surface area contributed by atoms with Crippen LogP contribution in [-0.4, -0.2) is 5.78 Å². The second kappa shape index (κ2) is 3.68. The van der Waals surface area contributed by atoms with Crippen LogP contribution in [0.1, 0.15) is 30.7 Å². The SMILES string of the molecule is O=C1C2CCC(C2)C1c1ccc2ccccc2c1. The normalized spacial score (nSPS) is 30.2. The van der Waals surface area contributed by atoms with Crippen molar-refractivity contribution in [2.45, 2.75) is 25.2 Å². The molecule has 4 rings (SSSR count). The summed E-state index contributed by atoms with van der Waals surface area (Å²) in [5, 5.41) is 2.52. The molecule has 2 aliphatic carbocycles. The Kier molecular flexibility index (Phi) is 2.11. The summed E-state index contributed by atoms with van der Waals surface area (Å²) in [5.41, 5.74) is 1.24. The van der Waals surface area contributed by atoms with Gasteiger partial charge in [-0.3, -0.25) is 4.79 Å². The van der Waals surface area contributed by atoms with E-state index in [1.807, 2.05) is 0 Å². The van der Waals surface area contributed by atoms with Crippen LogP contribution < -0.4 is 0 Å². The topological polar surface area (TPSA) is 17.1 Å². The van der Waals surface area contributed by atoms with Gasteiger partial charge in [0.2, 0.25) is 0 Å². The molecule has 3 atom stereocenters.